The highest BCUT2D eigenvalue weighted by molar-refractivity contribution is 6.31. The number of piperazine rings is 1. The molecule has 0 aliphatic carbocycles. The van der Waals surface area contributed by atoms with Gasteiger partial charge in [0.25, 0.3) is 0 Å². The molecule has 0 spiro atoms. The van der Waals surface area contributed by atoms with Gasteiger partial charge in [0, 0.05) is 79.3 Å². The van der Waals surface area contributed by atoms with Crippen LogP contribution in [0.2, 0.25) is 5.02 Å². The van der Waals surface area contributed by atoms with Crippen LogP contribution in [0.4, 0.5) is 0 Å². The van der Waals surface area contributed by atoms with E-state index < -0.39 is 0 Å². The van der Waals surface area contributed by atoms with Gasteiger partial charge in [-0.05, 0) is 43.7 Å². The summed E-state index contributed by atoms with van der Waals surface area (Å²) in [4.78, 5) is 17.2. The highest BCUT2D eigenvalue weighted by atomic mass is 35.5. The fourth-order valence-electron chi connectivity index (χ4n) is 5.36. The van der Waals surface area contributed by atoms with Crippen molar-refractivity contribution in [1.82, 2.24) is 19.7 Å². The number of aromatic nitrogens is 1. The van der Waals surface area contributed by atoms with E-state index in [1.807, 2.05) is 11.0 Å². The van der Waals surface area contributed by atoms with Crippen molar-refractivity contribution in [3.63, 3.8) is 0 Å². The number of likely N-dealkylation sites (N-methyl/N-ethyl adjacent to an activating group) is 1. The summed E-state index contributed by atoms with van der Waals surface area (Å²) in [5, 5.41) is 5.39. The molecule has 3 aliphatic rings. The molecule has 5 rings (SSSR count). The zero-order chi connectivity index (χ0) is 18.5. The second-order valence-electron chi connectivity index (χ2n) is 8.17. The Morgan fingerprint density at radius 2 is 2.07 bits per heavy atom. The van der Waals surface area contributed by atoms with E-state index in [0.29, 0.717) is 18.5 Å². The van der Waals surface area contributed by atoms with E-state index in [0.717, 1.165) is 44.2 Å². The van der Waals surface area contributed by atoms with Crippen LogP contribution in [0, 0.1) is 0 Å². The van der Waals surface area contributed by atoms with Gasteiger partial charge in [-0.2, -0.15) is 0 Å². The Morgan fingerprint density at radius 1 is 1.26 bits per heavy atom. The van der Waals surface area contributed by atoms with Crippen LogP contribution in [-0.2, 0) is 17.8 Å². The highest BCUT2D eigenvalue weighted by Crippen LogP contribution is 2.47. The molecular weight excluding hydrogens is 360 g/mol. The zero-order valence-corrected chi connectivity index (χ0v) is 16.6. The molecule has 2 fully saturated rings. The summed E-state index contributed by atoms with van der Waals surface area (Å²) in [7, 11) is 2.26. The number of fused-ring (bicyclic) bond motifs is 6. The lowest BCUT2D eigenvalue weighted by Crippen LogP contribution is -2.46. The first kappa shape index (κ1) is 17.5. The Hall–Kier alpha value is -1.56. The summed E-state index contributed by atoms with van der Waals surface area (Å²) in [6.45, 7) is 4.23. The van der Waals surface area contributed by atoms with Gasteiger partial charge in [-0.25, -0.2) is 0 Å². The molecule has 2 aromatic rings. The maximum atomic E-state index is 12.7. The molecule has 1 aromatic carbocycles. The van der Waals surface area contributed by atoms with Gasteiger partial charge in [0.05, 0.1) is 0 Å². The molecule has 3 aliphatic heterocycles. The SMILES string of the molecule is CN1C2CCC1c1c(n(CCC(=O)N3CCNCC3)c3ccc(Cl)cc13)C2. The lowest BCUT2D eigenvalue weighted by Gasteiger charge is -2.32. The minimum atomic E-state index is 0.275. The van der Waals surface area contributed by atoms with Gasteiger partial charge in [0.15, 0.2) is 0 Å². The van der Waals surface area contributed by atoms with Gasteiger partial charge in [-0.1, -0.05) is 11.6 Å². The quantitative estimate of drug-likeness (QED) is 0.881. The molecule has 1 amide bonds. The summed E-state index contributed by atoms with van der Waals surface area (Å²) in [5.74, 6) is 0.275. The van der Waals surface area contributed by atoms with Crippen LogP contribution in [-0.4, -0.2) is 59.5 Å². The van der Waals surface area contributed by atoms with E-state index in [-0.39, 0.29) is 5.91 Å². The number of hydrogen-bond acceptors (Lipinski definition) is 3. The van der Waals surface area contributed by atoms with Crippen molar-refractivity contribution in [3.8, 4) is 0 Å². The number of amides is 1. The molecule has 2 saturated heterocycles. The molecule has 0 saturated carbocycles. The Kier molecular flexibility index (Phi) is 4.42. The maximum absolute atomic E-state index is 12.7. The van der Waals surface area contributed by atoms with Gasteiger partial charge in [0.1, 0.15) is 0 Å². The third-order valence-corrected chi connectivity index (χ3v) is 7.03. The zero-order valence-electron chi connectivity index (χ0n) is 15.9. The molecule has 4 heterocycles. The standard InChI is InChI=1S/C21H27ClN4O/c1-24-15-3-5-18(24)21-16-12-14(22)2-4-17(16)26(19(21)13-15)9-6-20(27)25-10-7-23-8-11-25/h2,4,12,15,18,23H,3,5-11,13H2,1H3. The topological polar surface area (TPSA) is 40.5 Å². The van der Waals surface area contributed by atoms with Crippen molar-refractivity contribution in [2.24, 2.45) is 0 Å². The molecule has 2 bridgehead atoms. The molecule has 27 heavy (non-hydrogen) atoms. The molecule has 5 nitrogen and oxygen atoms in total. The molecule has 1 aromatic heterocycles. The van der Waals surface area contributed by atoms with E-state index in [1.54, 1.807) is 0 Å². The first-order valence-electron chi connectivity index (χ1n) is 10.1. The van der Waals surface area contributed by atoms with Gasteiger partial charge >= 0.3 is 0 Å². The van der Waals surface area contributed by atoms with E-state index in [4.69, 9.17) is 11.6 Å². The number of rotatable bonds is 3. The number of halogens is 1. The van der Waals surface area contributed by atoms with E-state index in [2.05, 4.69) is 34.0 Å². The number of hydrogen-bond donors (Lipinski definition) is 1. The van der Waals surface area contributed by atoms with Crippen LogP contribution in [0.3, 0.4) is 0 Å². The molecule has 6 heteroatoms. The monoisotopic (exact) mass is 386 g/mol. The van der Waals surface area contributed by atoms with E-state index in [1.165, 1.54) is 35.0 Å². The average Bonchev–Trinajstić information content (AvgIpc) is 3.10. The lowest BCUT2D eigenvalue weighted by atomic mass is 9.97. The van der Waals surface area contributed by atoms with E-state index >= 15 is 0 Å². The smallest absolute Gasteiger partial charge is 0.224 e. The Morgan fingerprint density at radius 3 is 2.89 bits per heavy atom. The number of carbonyl (C=O) groups is 1. The fraction of sp³-hybridized carbons (Fsp3) is 0.571. The van der Waals surface area contributed by atoms with Crippen LogP contribution in [0.1, 0.15) is 36.6 Å². The van der Waals surface area contributed by atoms with Gasteiger partial charge in [0.2, 0.25) is 5.91 Å². The minimum absolute atomic E-state index is 0.275. The van der Waals surface area contributed by atoms with Gasteiger partial charge in [-0.15, -0.1) is 0 Å². The van der Waals surface area contributed by atoms with Gasteiger partial charge in [-0.3, -0.25) is 9.69 Å². The Bertz CT molecular complexity index is 886. The Balaban J connectivity index is 1.49. The average molecular weight is 387 g/mol. The van der Waals surface area contributed by atoms with Gasteiger partial charge < -0.3 is 14.8 Å². The molecular formula is C21H27ClN4O. The van der Waals surface area contributed by atoms with Crippen molar-refractivity contribution in [2.45, 2.75) is 44.3 Å². The summed E-state index contributed by atoms with van der Waals surface area (Å²) in [5.41, 5.74) is 4.13. The van der Waals surface area contributed by atoms with Crippen molar-refractivity contribution in [2.75, 3.05) is 33.2 Å². The minimum Gasteiger partial charge on any atom is -0.344 e. The normalized spacial score (nSPS) is 25.2. The molecule has 0 radical (unpaired) electrons. The van der Waals surface area contributed by atoms with Crippen LogP contribution >= 0.6 is 11.6 Å². The molecule has 1 N–H and O–H groups in total. The first-order valence-corrected chi connectivity index (χ1v) is 10.5. The van der Waals surface area contributed by atoms with E-state index in [9.17, 15) is 4.79 Å². The van der Waals surface area contributed by atoms with Crippen LogP contribution in [0.15, 0.2) is 18.2 Å². The predicted molar refractivity (Wildman–Crippen MR) is 108 cm³/mol. The lowest BCUT2D eigenvalue weighted by molar-refractivity contribution is -0.131. The summed E-state index contributed by atoms with van der Waals surface area (Å²) >= 11 is 6.35. The van der Waals surface area contributed by atoms with Crippen LogP contribution in [0.25, 0.3) is 10.9 Å². The Labute approximate surface area is 165 Å². The second kappa shape index (κ2) is 6.80. The number of benzene rings is 1. The maximum Gasteiger partial charge on any atom is 0.224 e. The van der Waals surface area contributed by atoms with Crippen molar-refractivity contribution >= 4 is 28.4 Å². The number of nitrogens with zero attached hydrogens (tertiary/aromatic N) is 3. The van der Waals surface area contributed by atoms with Crippen molar-refractivity contribution < 1.29 is 4.79 Å². The van der Waals surface area contributed by atoms with Crippen molar-refractivity contribution in [1.29, 1.82) is 0 Å². The third-order valence-electron chi connectivity index (χ3n) is 6.80. The van der Waals surface area contributed by atoms with Crippen molar-refractivity contribution in [3.05, 3.63) is 34.5 Å². The van der Waals surface area contributed by atoms with Crippen LogP contribution in [0.5, 0.6) is 0 Å². The molecule has 144 valence electrons. The number of carbonyl (C=O) groups excluding carboxylic acids is 1. The third kappa shape index (κ3) is 2.87. The summed E-state index contributed by atoms with van der Waals surface area (Å²) in [6.07, 6.45) is 4.14. The number of aryl methyl sites for hydroxylation is 1. The first-order chi connectivity index (χ1) is 13.1. The molecule has 2 atom stereocenters. The number of nitrogens with one attached hydrogen (secondary N) is 1. The highest BCUT2D eigenvalue weighted by Gasteiger charge is 2.40. The largest absolute Gasteiger partial charge is 0.344 e. The summed E-state index contributed by atoms with van der Waals surface area (Å²) < 4.78 is 2.42. The predicted octanol–water partition coefficient (Wildman–Crippen LogP) is 2.81. The summed E-state index contributed by atoms with van der Waals surface area (Å²) in [6, 6.07) is 7.36. The van der Waals surface area contributed by atoms with Crippen LogP contribution < -0.4 is 5.32 Å². The molecule has 2 unspecified atom stereocenters. The fourth-order valence-corrected chi connectivity index (χ4v) is 5.53. The second-order valence-corrected chi connectivity index (χ2v) is 8.61.